The number of hydrogen-bond acceptors (Lipinski definition) is 4. The van der Waals surface area contributed by atoms with Gasteiger partial charge < -0.3 is 10.6 Å². The van der Waals surface area contributed by atoms with Crippen LogP contribution in [0.4, 0.5) is 37.7 Å². The highest BCUT2D eigenvalue weighted by molar-refractivity contribution is 5.92. The SMILES string of the molecule is Cc1ccc(Nc2ccc(CNC(=O)C3(CC(=O)CC(F)(F)F)CC3)nc2)c(C(F)(F)F)c1. The predicted molar refractivity (Wildman–Crippen MR) is 108 cm³/mol. The van der Waals surface area contributed by atoms with E-state index in [1.54, 1.807) is 13.0 Å². The van der Waals surface area contributed by atoms with E-state index < -0.39 is 47.9 Å². The Hall–Kier alpha value is -3.11. The summed E-state index contributed by atoms with van der Waals surface area (Å²) in [4.78, 5) is 28.1. The fraction of sp³-hybridized carbons (Fsp3) is 0.409. The molecule has 3 rings (SSSR count). The van der Waals surface area contributed by atoms with Crippen molar-refractivity contribution in [1.82, 2.24) is 10.3 Å². The van der Waals surface area contributed by atoms with Gasteiger partial charge in [-0.25, -0.2) is 0 Å². The number of ketones is 1. The Morgan fingerprint density at radius 1 is 1.06 bits per heavy atom. The van der Waals surface area contributed by atoms with Crippen molar-refractivity contribution in [3.8, 4) is 0 Å². The molecule has 1 saturated carbocycles. The Labute approximate surface area is 185 Å². The van der Waals surface area contributed by atoms with Crippen LogP contribution in [0.3, 0.4) is 0 Å². The lowest BCUT2D eigenvalue weighted by molar-refractivity contribution is -0.154. The smallest absolute Gasteiger partial charge is 0.354 e. The maximum Gasteiger partial charge on any atom is 0.418 e. The highest BCUT2D eigenvalue weighted by atomic mass is 19.4. The molecule has 1 amide bonds. The minimum atomic E-state index is -4.61. The third kappa shape index (κ3) is 6.69. The lowest BCUT2D eigenvalue weighted by Gasteiger charge is -2.16. The summed E-state index contributed by atoms with van der Waals surface area (Å²) >= 11 is 0. The summed E-state index contributed by atoms with van der Waals surface area (Å²) in [7, 11) is 0. The average molecular weight is 473 g/mol. The van der Waals surface area contributed by atoms with Crippen LogP contribution in [0.1, 0.15) is 42.5 Å². The van der Waals surface area contributed by atoms with Crippen molar-refractivity contribution in [2.75, 3.05) is 5.32 Å². The molecule has 0 spiro atoms. The highest BCUT2D eigenvalue weighted by Crippen LogP contribution is 2.49. The van der Waals surface area contributed by atoms with Crippen LogP contribution in [-0.4, -0.2) is 22.9 Å². The molecule has 1 aliphatic carbocycles. The van der Waals surface area contributed by atoms with Gasteiger partial charge in [-0.2, -0.15) is 26.3 Å². The zero-order valence-electron chi connectivity index (χ0n) is 17.5. The van der Waals surface area contributed by atoms with Gasteiger partial charge in [0, 0.05) is 6.42 Å². The van der Waals surface area contributed by atoms with E-state index in [1.807, 2.05) is 0 Å². The number of nitrogens with zero attached hydrogens (tertiary/aromatic N) is 1. The Kier molecular flexibility index (Phi) is 6.71. The minimum absolute atomic E-state index is 0.0351. The molecule has 0 bridgehead atoms. The van der Waals surface area contributed by atoms with E-state index in [0.29, 0.717) is 29.8 Å². The van der Waals surface area contributed by atoms with Crippen molar-refractivity contribution in [2.45, 2.75) is 51.5 Å². The fourth-order valence-electron chi connectivity index (χ4n) is 3.42. The summed E-state index contributed by atoms with van der Waals surface area (Å²) in [5, 5.41) is 5.24. The van der Waals surface area contributed by atoms with E-state index in [9.17, 15) is 35.9 Å². The summed E-state index contributed by atoms with van der Waals surface area (Å²) in [5.41, 5.74) is -0.889. The maximum atomic E-state index is 13.3. The molecule has 1 aromatic carbocycles. The normalized spacial score (nSPS) is 15.1. The zero-order valence-corrected chi connectivity index (χ0v) is 17.5. The molecular weight excluding hydrogens is 452 g/mol. The Morgan fingerprint density at radius 2 is 1.76 bits per heavy atom. The van der Waals surface area contributed by atoms with E-state index in [2.05, 4.69) is 15.6 Å². The number of halogens is 6. The number of carbonyl (C=O) groups excluding carboxylic acids is 2. The topological polar surface area (TPSA) is 71.1 Å². The number of rotatable bonds is 8. The number of aromatic nitrogens is 1. The van der Waals surface area contributed by atoms with E-state index in [0.717, 1.165) is 6.07 Å². The van der Waals surface area contributed by atoms with Crippen LogP contribution in [0.25, 0.3) is 0 Å². The standard InChI is InChI=1S/C22H21F6N3O2/c1-13-2-5-18(17(8-13)22(26,27)28)31-15-4-3-14(29-12-15)11-30-19(33)20(6-7-20)9-16(32)10-21(23,24)25/h2-5,8,12,31H,6-7,9-11H2,1H3,(H,30,33). The minimum Gasteiger partial charge on any atom is -0.354 e. The van der Waals surface area contributed by atoms with Crippen molar-refractivity contribution in [3.05, 3.63) is 53.3 Å². The van der Waals surface area contributed by atoms with Gasteiger partial charge in [0.05, 0.1) is 40.8 Å². The van der Waals surface area contributed by atoms with Crippen LogP contribution < -0.4 is 10.6 Å². The molecule has 1 aromatic heterocycles. The van der Waals surface area contributed by atoms with Gasteiger partial charge in [-0.3, -0.25) is 14.6 Å². The first-order valence-electron chi connectivity index (χ1n) is 10.0. The second kappa shape index (κ2) is 9.03. The molecule has 2 aromatic rings. The van der Waals surface area contributed by atoms with Crippen LogP contribution >= 0.6 is 0 Å². The number of anilines is 2. The highest BCUT2D eigenvalue weighted by Gasteiger charge is 2.51. The first-order chi connectivity index (χ1) is 15.3. The molecule has 33 heavy (non-hydrogen) atoms. The number of amides is 1. The number of carbonyl (C=O) groups is 2. The van der Waals surface area contributed by atoms with Crippen molar-refractivity contribution in [2.24, 2.45) is 5.41 Å². The number of Topliss-reactive ketones (excluding diaryl/α,β-unsaturated/α-hetero) is 1. The fourth-order valence-corrected chi connectivity index (χ4v) is 3.42. The summed E-state index contributed by atoms with van der Waals surface area (Å²) in [6.07, 6.45) is -9.20. The third-order valence-electron chi connectivity index (χ3n) is 5.28. The van der Waals surface area contributed by atoms with Gasteiger partial charge in [0.1, 0.15) is 12.2 Å². The molecular formula is C22H21F6N3O2. The Balaban J connectivity index is 1.58. The molecule has 2 N–H and O–H groups in total. The molecule has 1 heterocycles. The average Bonchev–Trinajstić information content (AvgIpc) is 3.46. The lowest BCUT2D eigenvalue weighted by Crippen LogP contribution is -2.34. The van der Waals surface area contributed by atoms with E-state index in [1.165, 1.54) is 24.4 Å². The molecule has 5 nitrogen and oxygen atoms in total. The van der Waals surface area contributed by atoms with E-state index in [4.69, 9.17) is 0 Å². The monoisotopic (exact) mass is 473 g/mol. The van der Waals surface area contributed by atoms with Gasteiger partial charge in [-0.15, -0.1) is 0 Å². The predicted octanol–water partition coefficient (Wildman–Crippen LogP) is 5.46. The zero-order chi connectivity index (χ0) is 24.4. The number of aryl methyl sites for hydroxylation is 1. The summed E-state index contributed by atoms with van der Waals surface area (Å²) in [5.74, 6) is -1.55. The van der Waals surface area contributed by atoms with Gasteiger partial charge in [-0.05, 0) is 44.0 Å². The van der Waals surface area contributed by atoms with Gasteiger partial charge in [0.25, 0.3) is 0 Å². The molecule has 0 atom stereocenters. The maximum absolute atomic E-state index is 13.3. The van der Waals surface area contributed by atoms with Crippen molar-refractivity contribution in [3.63, 3.8) is 0 Å². The van der Waals surface area contributed by atoms with E-state index >= 15 is 0 Å². The van der Waals surface area contributed by atoms with E-state index in [-0.39, 0.29) is 12.2 Å². The molecule has 0 saturated heterocycles. The molecule has 1 aliphatic rings. The van der Waals surface area contributed by atoms with Crippen LogP contribution in [0.15, 0.2) is 36.5 Å². The second-order valence-corrected chi connectivity index (χ2v) is 8.18. The molecule has 178 valence electrons. The van der Waals surface area contributed by atoms with Gasteiger partial charge in [0.15, 0.2) is 0 Å². The summed E-state index contributed by atoms with van der Waals surface area (Å²) < 4.78 is 76.8. The third-order valence-corrected chi connectivity index (χ3v) is 5.28. The molecule has 0 aliphatic heterocycles. The van der Waals surface area contributed by atoms with Gasteiger partial charge >= 0.3 is 12.4 Å². The molecule has 0 unspecified atom stereocenters. The Bertz CT molecular complexity index is 1030. The first kappa shape index (κ1) is 24.5. The van der Waals surface area contributed by atoms with Crippen LogP contribution in [0, 0.1) is 12.3 Å². The quantitative estimate of drug-likeness (QED) is 0.500. The van der Waals surface area contributed by atoms with Crippen molar-refractivity contribution >= 4 is 23.1 Å². The second-order valence-electron chi connectivity index (χ2n) is 8.18. The molecule has 0 radical (unpaired) electrons. The number of pyridine rings is 1. The number of hydrogen-bond donors (Lipinski definition) is 2. The van der Waals surface area contributed by atoms with Crippen LogP contribution in [-0.2, 0) is 22.3 Å². The van der Waals surface area contributed by atoms with Gasteiger partial charge in [-0.1, -0.05) is 11.6 Å². The molecule has 11 heteroatoms. The summed E-state index contributed by atoms with van der Waals surface area (Å²) in [6, 6.07) is 6.89. The summed E-state index contributed by atoms with van der Waals surface area (Å²) in [6.45, 7) is 1.52. The van der Waals surface area contributed by atoms with Gasteiger partial charge in [0.2, 0.25) is 5.91 Å². The number of benzene rings is 1. The molecule has 1 fully saturated rings. The lowest BCUT2D eigenvalue weighted by atomic mass is 9.96. The number of alkyl halides is 6. The first-order valence-corrected chi connectivity index (χ1v) is 10.0. The Morgan fingerprint density at radius 3 is 2.30 bits per heavy atom. The van der Waals surface area contributed by atoms with Crippen LogP contribution in [0.2, 0.25) is 0 Å². The number of nitrogens with one attached hydrogen (secondary N) is 2. The van der Waals surface area contributed by atoms with Crippen LogP contribution in [0.5, 0.6) is 0 Å². The van der Waals surface area contributed by atoms with Crippen molar-refractivity contribution < 1.29 is 35.9 Å². The van der Waals surface area contributed by atoms with Crippen molar-refractivity contribution in [1.29, 1.82) is 0 Å². The largest absolute Gasteiger partial charge is 0.418 e.